The molecule has 0 atom stereocenters. The molecule has 4 aromatic rings. The molecule has 6 heteroatoms. The maximum Gasteiger partial charge on any atom is 0.138 e. The van der Waals surface area contributed by atoms with Crippen LogP contribution in [0, 0.1) is 5.82 Å². The van der Waals surface area contributed by atoms with E-state index in [1.165, 1.54) is 23.3 Å². The fraction of sp³-hybridized carbons (Fsp3) is 0.200. The first-order valence-corrected chi connectivity index (χ1v) is 10.3. The number of nitrogens with zero attached hydrogens (tertiary/aromatic N) is 3. The molecule has 5 rings (SSSR count). The predicted octanol–water partition coefficient (Wildman–Crippen LogP) is 5.06. The summed E-state index contributed by atoms with van der Waals surface area (Å²) in [6.07, 6.45) is 8.65. The molecule has 3 aromatic heterocycles. The minimum Gasteiger partial charge on any atom is -0.496 e. The van der Waals surface area contributed by atoms with Gasteiger partial charge in [0.1, 0.15) is 17.2 Å². The average molecular weight is 414 g/mol. The summed E-state index contributed by atoms with van der Waals surface area (Å²) in [6.45, 7) is 2.80. The van der Waals surface area contributed by atoms with Crippen molar-refractivity contribution in [2.75, 3.05) is 20.2 Å². The van der Waals surface area contributed by atoms with E-state index in [4.69, 9.17) is 4.74 Å². The lowest BCUT2D eigenvalue weighted by Crippen LogP contribution is -2.28. The van der Waals surface area contributed by atoms with Crippen molar-refractivity contribution >= 4 is 16.6 Å². The largest absolute Gasteiger partial charge is 0.496 e. The van der Waals surface area contributed by atoms with Gasteiger partial charge in [0.25, 0.3) is 0 Å². The first kappa shape index (κ1) is 19.5. The van der Waals surface area contributed by atoms with Crippen molar-refractivity contribution < 1.29 is 9.13 Å². The number of nitrogens with one attached hydrogen (secondary N) is 1. The van der Waals surface area contributed by atoms with Crippen LogP contribution in [0.1, 0.15) is 17.7 Å². The zero-order valence-electron chi connectivity index (χ0n) is 17.3. The maximum atomic E-state index is 14.0. The molecule has 0 aliphatic carbocycles. The molecule has 0 spiro atoms. The molecule has 0 bridgehead atoms. The van der Waals surface area contributed by atoms with Crippen LogP contribution in [0.25, 0.3) is 27.7 Å². The highest BCUT2D eigenvalue weighted by Gasteiger charge is 2.17. The second-order valence-electron chi connectivity index (χ2n) is 7.72. The Kier molecular flexibility index (Phi) is 5.22. The average Bonchev–Trinajstić information content (AvgIpc) is 3.25. The molecule has 0 radical (unpaired) electrons. The first-order chi connectivity index (χ1) is 15.2. The number of halogens is 1. The van der Waals surface area contributed by atoms with Gasteiger partial charge in [0.15, 0.2) is 0 Å². The van der Waals surface area contributed by atoms with Crippen LogP contribution in [-0.2, 0) is 6.54 Å². The Morgan fingerprint density at radius 3 is 2.71 bits per heavy atom. The summed E-state index contributed by atoms with van der Waals surface area (Å²) in [4.78, 5) is 14.5. The van der Waals surface area contributed by atoms with Gasteiger partial charge in [-0.1, -0.05) is 6.08 Å². The number of ether oxygens (including phenoxy) is 1. The Morgan fingerprint density at radius 1 is 1.06 bits per heavy atom. The van der Waals surface area contributed by atoms with Gasteiger partial charge in [-0.25, -0.2) is 9.37 Å². The van der Waals surface area contributed by atoms with E-state index in [9.17, 15) is 4.39 Å². The van der Waals surface area contributed by atoms with E-state index >= 15 is 0 Å². The van der Waals surface area contributed by atoms with Crippen LogP contribution in [0.5, 0.6) is 5.75 Å². The summed E-state index contributed by atoms with van der Waals surface area (Å²) in [7, 11) is 1.60. The summed E-state index contributed by atoms with van der Waals surface area (Å²) in [5, 5.41) is 0.960. The van der Waals surface area contributed by atoms with Crippen LogP contribution in [0.3, 0.4) is 0 Å². The quantitative estimate of drug-likeness (QED) is 0.496. The lowest BCUT2D eigenvalue weighted by molar-refractivity contribution is 0.293. The number of aromatic nitrogens is 3. The number of hydrogen-bond donors (Lipinski definition) is 1. The Labute approximate surface area is 180 Å². The Bertz CT molecular complexity index is 1250. The summed E-state index contributed by atoms with van der Waals surface area (Å²) in [6, 6.07) is 12.7. The van der Waals surface area contributed by atoms with E-state index in [0.29, 0.717) is 5.75 Å². The van der Waals surface area contributed by atoms with Crippen molar-refractivity contribution in [1.82, 2.24) is 19.9 Å². The fourth-order valence-corrected chi connectivity index (χ4v) is 4.17. The van der Waals surface area contributed by atoms with Gasteiger partial charge in [-0.2, -0.15) is 0 Å². The van der Waals surface area contributed by atoms with Crippen molar-refractivity contribution in [2.24, 2.45) is 0 Å². The molecule has 0 amide bonds. The highest BCUT2D eigenvalue weighted by atomic mass is 19.1. The standard InChI is InChI=1S/C25H23FN4O/c1-31-24-3-2-19(26)14-21(24)20-6-11-28-25-22(20)15-23(29-25)18-7-12-30(13-8-18)16-17-4-9-27-10-5-17/h2-7,9-11,14-15H,8,12-13,16H2,1H3,(H,28,29). The van der Waals surface area contributed by atoms with Crippen molar-refractivity contribution in [2.45, 2.75) is 13.0 Å². The van der Waals surface area contributed by atoms with E-state index < -0.39 is 0 Å². The van der Waals surface area contributed by atoms with Crippen LogP contribution in [-0.4, -0.2) is 40.1 Å². The molecule has 1 N–H and O–H groups in total. The maximum absolute atomic E-state index is 14.0. The monoisotopic (exact) mass is 414 g/mol. The van der Waals surface area contributed by atoms with E-state index in [0.717, 1.165) is 53.9 Å². The topological polar surface area (TPSA) is 54.0 Å². The Balaban J connectivity index is 1.44. The van der Waals surface area contributed by atoms with Gasteiger partial charge < -0.3 is 9.72 Å². The number of rotatable bonds is 5. The molecule has 1 aromatic carbocycles. The molecule has 4 heterocycles. The highest BCUT2D eigenvalue weighted by Crippen LogP contribution is 2.36. The third-order valence-corrected chi connectivity index (χ3v) is 5.78. The summed E-state index contributed by atoms with van der Waals surface area (Å²) in [5.41, 5.74) is 6.03. The molecule has 156 valence electrons. The summed E-state index contributed by atoms with van der Waals surface area (Å²) < 4.78 is 19.4. The number of H-pyrrole nitrogens is 1. The van der Waals surface area contributed by atoms with Crippen molar-refractivity contribution in [1.29, 1.82) is 0 Å². The number of aromatic amines is 1. The predicted molar refractivity (Wildman–Crippen MR) is 120 cm³/mol. The number of methoxy groups -OCH3 is 1. The first-order valence-electron chi connectivity index (χ1n) is 10.3. The highest BCUT2D eigenvalue weighted by molar-refractivity contribution is 5.96. The molecule has 0 fully saturated rings. The summed E-state index contributed by atoms with van der Waals surface area (Å²) in [5.74, 6) is 0.348. The van der Waals surface area contributed by atoms with Crippen LogP contribution in [0.2, 0.25) is 0 Å². The normalized spacial score (nSPS) is 14.6. The molecule has 0 saturated carbocycles. The smallest absolute Gasteiger partial charge is 0.138 e. The van der Waals surface area contributed by atoms with Crippen LogP contribution < -0.4 is 4.74 Å². The molecule has 31 heavy (non-hydrogen) atoms. The molecule has 0 saturated heterocycles. The van der Waals surface area contributed by atoms with Crippen molar-refractivity contribution in [3.05, 3.63) is 84.2 Å². The fourth-order valence-electron chi connectivity index (χ4n) is 4.17. The second kappa shape index (κ2) is 8.32. The zero-order chi connectivity index (χ0) is 21.2. The number of benzene rings is 1. The van der Waals surface area contributed by atoms with Gasteiger partial charge in [0.2, 0.25) is 0 Å². The lowest BCUT2D eigenvalue weighted by Gasteiger charge is -2.26. The minimum absolute atomic E-state index is 0.291. The number of pyridine rings is 2. The molecule has 5 nitrogen and oxygen atoms in total. The second-order valence-corrected chi connectivity index (χ2v) is 7.72. The van der Waals surface area contributed by atoms with Gasteiger partial charge in [0.05, 0.1) is 7.11 Å². The van der Waals surface area contributed by atoms with Gasteiger partial charge in [-0.15, -0.1) is 0 Å². The molecule has 0 unspecified atom stereocenters. The molecular formula is C25H23FN4O. The van der Waals surface area contributed by atoms with E-state index in [-0.39, 0.29) is 5.82 Å². The lowest BCUT2D eigenvalue weighted by atomic mass is 10.0. The third-order valence-electron chi connectivity index (χ3n) is 5.78. The van der Waals surface area contributed by atoms with Crippen molar-refractivity contribution in [3.8, 4) is 16.9 Å². The minimum atomic E-state index is -0.291. The SMILES string of the molecule is COc1ccc(F)cc1-c1ccnc2[nH]c(C3=CCN(Cc4ccncc4)CC3)cc12. The molecule has 1 aliphatic rings. The van der Waals surface area contributed by atoms with Crippen molar-refractivity contribution in [3.63, 3.8) is 0 Å². The Hall–Kier alpha value is -3.51. The molecule has 1 aliphatic heterocycles. The van der Waals surface area contributed by atoms with Gasteiger partial charge in [-0.05, 0) is 65.6 Å². The van der Waals surface area contributed by atoms with E-state index in [2.05, 4.69) is 44.1 Å². The van der Waals surface area contributed by atoms with Crippen LogP contribution in [0.15, 0.2) is 67.1 Å². The number of hydrogen-bond acceptors (Lipinski definition) is 4. The Morgan fingerprint density at radius 2 is 1.94 bits per heavy atom. The molecular weight excluding hydrogens is 391 g/mol. The van der Waals surface area contributed by atoms with Gasteiger partial charge >= 0.3 is 0 Å². The zero-order valence-corrected chi connectivity index (χ0v) is 17.3. The third kappa shape index (κ3) is 3.94. The summed E-state index contributed by atoms with van der Waals surface area (Å²) >= 11 is 0. The van der Waals surface area contributed by atoms with Crippen LogP contribution in [0.4, 0.5) is 4.39 Å². The van der Waals surface area contributed by atoms with Gasteiger partial charge in [-0.3, -0.25) is 9.88 Å². The van der Waals surface area contributed by atoms with Gasteiger partial charge in [0, 0.05) is 54.9 Å². The van der Waals surface area contributed by atoms with Crippen LogP contribution >= 0.6 is 0 Å². The van der Waals surface area contributed by atoms with E-state index in [1.54, 1.807) is 19.4 Å². The number of fused-ring (bicyclic) bond motifs is 1. The van der Waals surface area contributed by atoms with E-state index in [1.807, 2.05) is 18.5 Å².